The summed E-state index contributed by atoms with van der Waals surface area (Å²) in [6.07, 6.45) is 0. The minimum atomic E-state index is -0.159. The molecule has 2 rings (SSSR count). The normalized spacial score (nSPS) is 19.6. The first-order valence-electron chi connectivity index (χ1n) is 8.25. The average Bonchev–Trinajstić information content (AvgIpc) is 2.75. The molecule has 1 aromatic carbocycles. The highest BCUT2D eigenvalue weighted by molar-refractivity contribution is 6.33. The number of amides is 1. The fourth-order valence-corrected chi connectivity index (χ4v) is 3.23. The molecule has 7 heteroatoms. The highest BCUT2D eigenvalue weighted by atomic mass is 35.5. The highest BCUT2D eigenvalue weighted by Gasteiger charge is 2.24. The number of carbonyl (C=O) groups excluding carboxylic acids is 1. The predicted octanol–water partition coefficient (Wildman–Crippen LogP) is 1.76. The Hall–Kier alpha value is -1.50. The molecule has 0 spiro atoms. The van der Waals surface area contributed by atoms with Crippen LogP contribution in [0.15, 0.2) is 12.1 Å². The van der Waals surface area contributed by atoms with E-state index in [-0.39, 0.29) is 11.9 Å². The monoisotopic (exact) mass is 354 g/mol. The van der Waals surface area contributed by atoms with Gasteiger partial charge in [-0.25, -0.2) is 0 Å². The van der Waals surface area contributed by atoms with Gasteiger partial charge in [0.1, 0.15) is 5.75 Å². The van der Waals surface area contributed by atoms with Crippen molar-refractivity contribution < 1.29 is 9.53 Å². The van der Waals surface area contributed by atoms with Crippen molar-refractivity contribution in [3.8, 4) is 5.75 Å². The van der Waals surface area contributed by atoms with E-state index in [1.165, 1.54) is 0 Å². The van der Waals surface area contributed by atoms with E-state index in [2.05, 4.69) is 34.4 Å². The summed E-state index contributed by atoms with van der Waals surface area (Å²) >= 11 is 6.23. The largest absolute Gasteiger partial charge is 0.496 e. The number of rotatable bonds is 5. The summed E-state index contributed by atoms with van der Waals surface area (Å²) in [6.45, 7) is 6.82. The van der Waals surface area contributed by atoms with Crippen LogP contribution in [0, 0.1) is 0 Å². The van der Waals surface area contributed by atoms with E-state index < -0.39 is 0 Å². The Morgan fingerprint density at radius 2 is 2.12 bits per heavy atom. The van der Waals surface area contributed by atoms with E-state index in [4.69, 9.17) is 16.3 Å². The van der Waals surface area contributed by atoms with Crippen LogP contribution in [0.25, 0.3) is 0 Å². The molecular formula is C17H27ClN4O2. The molecule has 1 aliphatic rings. The van der Waals surface area contributed by atoms with Crippen molar-refractivity contribution in [2.75, 3.05) is 59.2 Å². The lowest BCUT2D eigenvalue weighted by Crippen LogP contribution is -2.46. The number of benzene rings is 1. The van der Waals surface area contributed by atoms with Crippen molar-refractivity contribution in [1.29, 1.82) is 0 Å². The molecule has 1 amide bonds. The van der Waals surface area contributed by atoms with Crippen molar-refractivity contribution in [3.63, 3.8) is 0 Å². The highest BCUT2D eigenvalue weighted by Crippen LogP contribution is 2.30. The Balaban J connectivity index is 2.17. The summed E-state index contributed by atoms with van der Waals surface area (Å²) in [4.78, 5) is 17.3. The van der Waals surface area contributed by atoms with E-state index in [0.29, 0.717) is 16.3 Å². The first kappa shape index (κ1) is 18.8. The Kier molecular flexibility index (Phi) is 6.71. The predicted molar refractivity (Wildman–Crippen MR) is 98.4 cm³/mol. The maximum absolute atomic E-state index is 12.8. The maximum Gasteiger partial charge on any atom is 0.255 e. The second kappa shape index (κ2) is 8.55. The van der Waals surface area contributed by atoms with Gasteiger partial charge in [-0.15, -0.1) is 0 Å². The molecule has 0 saturated carbocycles. The number of nitrogens with zero attached hydrogens (tertiary/aromatic N) is 2. The van der Waals surface area contributed by atoms with Crippen molar-refractivity contribution >= 4 is 23.2 Å². The summed E-state index contributed by atoms with van der Waals surface area (Å²) in [5, 5.41) is 6.61. The van der Waals surface area contributed by atoms with E-state index in [9.17, 15) is 4.79 Å². The van der Waals surface area contributed by atoms with Crippen LogP contribution in [0.4, 0.5) is 5.69 Å². The standard InChI is InChI=1S/C17H27ClN4O2/c1-5-22-7-6-21(3)10-12(11-22)20-17(23)13-8-14(18)15(19-2)9-16(13)24-4/h8-9,12,19H,5-7,10-11H2,1-4H3,(H,20,23)/t12-/m1/s1. The van der Waals surface area contributed by atoms with Gasteiger partial charge >= 0.3 is 0 Å². The van der Waals surface area contributed by atoms with Crippen LogP contribution in [-0.4, -0.2) is 75.7 Å². The second-order valence-electron chi connectivity index (χ2n) is 6.11. The van der Waals surface area contributed by atoms with Crippen LogP contribution in [0.2, 0.25) is 5.02 Å². The molecule has 1 atom stereocenters. The number of carbonyl (C=O) groups is 1. The molecule has 0 bridgehead atoms. The Morgan fingerprint density at radius 3 is 2.75 bits per heavy atom. The van der Waals surface area contributed by atoms with Crippen LogP contribution < -0.4 is 15.4 Å². The third-order valence-electron chi connectivity index (χ3n) is 4.39. The molecule has 0 aromatic heterocycles. The lowest BCUT2D eigenvalue weighted by atomic mass is 10.1. The molecule has 1 aliphatic heterocycles. The van der Waals surface area contributed by atoms with Gasteiger partial charge in [-0.1, -0.05) is 18.5 Å². The lowest BCUT2D eigenvalue weighted by molar-refractivity contribution is 0.0922. The molecule has 2 N–H and O–H groups in total. The van der Waals surface area contributed by atoms with Gasteiger partial charge in [0.25, 0.3) is 5.91 Å². The second-order valence-corrected chi connectivity index (χ2v) is 6.52. The lowest BCUT2D eigenvalue weighted by Gasteiger charge is -2.24. The van der Waals surface area contributed by atoms with Crippen LogP contribution >= 0.6 is 11.6 Å². The van der Waals surface area contributed by atoms with Gasteiger partial charge < -0.3 is 25.2 Å². The minimum absolute atomic E-state index is 0.0670. The molecule has 134 valence electrons. The molecule has 6 nitrogen and oxygen atoms in total. The molecule has 24 heavy (non-hydrogen) atoms. The van der Waals surface area contributed by atoms with Gasteiger partial charge in [-0.3, -0.25) is 4.79 Å². The Labute approximate surface area is 149 Å². The van der Waals surface area contributed by atoms with Gasteiger partial charge in [0.2, 0.25) is 0 Å². The first-order chi connectivity index (χ1) is 11.5. The quantitative estimate of drug-likeness (QED) is 0.843. The van der Waals surface area contributed by atoms with Gasteiger partial charge in [0.15, 0.2) is 0 Å². The molecule has 1 aromatic rings. The minimum Gasteiger partial charge on any atom is -0.496 e. The third-order valence-corrected chi connectivity index (χ3v) is 4.71. The van der Waals surface area contributed by atoms with Gasteiger partial charge in [0.05, 0.1) is 29.4 Å². The van der Waals surface area contributed by atoms with Crippen molar-refractivity contribution in [1.82, 2.24) is 15.1 Å². The van der Waals surface area contributed by atoms with Gasteiger partial charge in [-0.2, -0.15) is 0 Å². The summed E-state index contributed by atoms with van der Waals surface area (Å²) < 4.78 is 5.36. The fourth-order valence-electron chi connectivity index (χ4n) is 2.97. The van der Waals surface area contributed by atoms with Gasteiger partial charge in [0, 0.05) is 39.3 Å². The fraction of sp³-hybridized carbons (Fsp3) is 0.588. The molecule has 0 unspecified atom stereocenters. The zero-order valence-electron chi connectivity index (χ0n) is 14.9. The van der Waals surface area contributed by atoms with Crippen molar-refractivity contribution in [3.05, 3.63) is 22.7 Å². The molecule has 1 fully saturated rings. The number of likely N-dealkylation sites (N-methyl/N-ethyl adjacent to an activating group) is 2. The average molecular weight is 355 g/mol. The van der Waals surface area contributed by atoms with Crippen LogP contribution in [0.3, 0.4) is 0 Å². The number of halogens is 1. The summed E-state index contributed by atoms with van der Waals surface area (Å²) in [5.74, 6) is 0.350. The number of hydrogen-bond donors (Lipinski definition) is 2. The summed E-state index contributed by atoms with van der Waals surface area (Å²) in [5.41, 5.74) is 1.19. The summed E-state index contributed by atoms with van der Waals surface area (Å²) in [6, 6.07) is 3.46. The maximum atomic E-state index is 12.8. The molecular weight excluding hydrogens is 328 g/mol. The zero-order valence-corrected chi connectivity index (χ0v) is 15.6. The SMILES string of the molecule is CCN1CCN(C)C[C@@H](NC(=O)c2cc(Cl)c(NC)cc2OC)C1. The Morgan fingerprint density at radius 1 is 1.38 bits per heavy atom. The van der Waals surface area contributed by atoms with Crippen LogP contribution in [0.1, 0.15) is 17.3 Å². The molecule has 0 aliphatic carbocycles. The molecule has 1 saturated heterocycles. The van der Waals surface area contributed by atoms with E-state index in [1.807, 2.05) is 0 Å². The molecule has 0 radical (unpaired) electrons. The smallest absolute Gasteiger partial charge is 0.255 e. The van der Waals surface area contributed by atoms with E-state index >= 15 is 0 Å². The number of hydrogen-bond acceptors (Lipinski definition) is 5. The van der Waals surface area contributed by atoms with Crippen molar-refractivity contribution in [2.24, 2.45) is 0 Å². The molecule has 1 heterocycles. The number of ether oxygens (including phenoxy) is 1. The number of methoxy groups -OCH3 is 1. The number of anilines is 1. The van der Waals surface area contributed by atoms with Crippen LogP contribution in [-0.2, 0) is 0 Å². The van der Waals surface area contributed by atoms with Gasteiger partial charge in [-0.05, 0) is 19.7 Å². The topological polar surface area (TPSA) is 56.8 Å². The zero-order chi connectivity index (χ0) is 17.7. The van der Waals surface area contributed by atoms with E-state index in [0.717, 1.165) is 38.4 Å². The summed E-state index contributed by atoms with van der Waals surface area (Å²) in [7, 11) is 5.41. The first-order valence-corrected chi connectivity index (χ1v) is 8.63. The Bertz CT molecular complexity index is 582. The third kappa shape index (κ3) is 4.53. The van der Waals surface area contributed by atoms with Crippen LogP contribution in [0.5, 0.6) is 5.75 Å². The van der Waals surface area contributed by atoms with Crippen molar-refractivity contribution in [2.45, 2.75) is 13.0 Å². The van der Waals surface area contributed by atoms with E-state index in [1.54, 1.807) is 26.3 Å². The number of nitrogens with one attached hydrogen (secondary N) is 2.